The Labute approximate surface area is 87.9 Å². The molecule has 1 atom stereocenters. The second-order valence-electron chi connectivity index (χ2n) is 2.70. The Morgan fingerprint density at radius 2 is 2.46 bits per heavy atom. The molecular weight excluding hydrogens is 202 g/mol. The minimum absolute atomic E-state index is 0.0355. The predicted molar refractivity (Wildman–Crippen MR) is 58.9 cm³/mol. The number of thiophene rings is 1. The monoisotopic (exact) mass is 213 g/mol. The number of rotatable bonds is 3. The van der Waals surface area contributed by atoms with Crippen LogP contribution in [0.15, 0.2) is 11.4 Å². The molecule has 0 bridgehead atoms. The maximum atomic E-state index is 5.94. The molecule has 0 aromatic carbocycles. The third-order valence-corrected chi connectivity index (χ3v) is 3.23. The zero-order valence-electron chi connectivity index (χ0n) is 7.51. The SMILES string of the molecule is CC#CCCC(N)c1sccc1Cl. The summed E-state index contributed by atoms with van der Waals surface area (Å²) in [5.41, 5.74) is 5.94. The summed E-state index contributed by atoms with van der Waals surface area (Å²) < 4.78 is 0. The molecule has 0 fully saturated rings. The molecule has 1 rings (SSSR count). The predicted octanol–water partition coefficient (Wildman–Crippen LogP) is 3.20. The fraction of sp³-hybridized carbons (Fsp3) is 0.400. The van der Waals surface area contributed by atoms with E-state index in [0.717, 1.165) is 22.7 Å². The number of nitrogens with two attached hydrogens (primary N) is 1. The van der Waals surface area contributed by atoms with Crippen molar-refractivity contribution in [2.45, 2.75) is 25.8 Å². The van der Waals surface area contributed by atoms with Crippen LogP contribution >= 0.6 is 22.9 Å². The molecule has 0 aliphatic rings. The van der Waals surface area contributed by atoms with Crippen LogP contribution in [0.25, 0.3) is 0 Å². The van der Waals surface area contributed by atoms with Crippen molar-refractivity contribution in [3.8, 4) is 11.8 Å². The molecule has 0 spiro atoms. The van der Waals surface area contributed by atoms with Crippen molar-refractivity contribution < 1.29 is 0 Å². The first kappa shape index (κ1) is 10.6. The molecule has 0 amide bonds. The van der Waals surface area contributed by atoms with Gasteiger partial charge in [0.2, 0.25) is 0 Å². The third-order valence-electron chi connectivity index (χ3n) is 1.74. The normalized spacial score (nSPS) is 11.9. The Morgan fingerprint density at radius 1 is 1.69 bits per heavy atom. The highest BCUT2D eigenvalue weighted by molar-refractivity contribution is 7.10. The van der Waals surface area contributed by atoms with Gasteiger partial charge in [-0.15, -0.1) is 23.2 Å². The van der Waals surface area contributed by atoms with E-state index in [9.17, 15) is 0 Å². The molecule has 0 saturated carbocycles. The molecule has 1 nitrogen and oxygen atoms in total. The highest BCUT2D eigenvalue weighted by Crippen LogP contribution is 2.29. The second kappa shape index (κ2) is 5.29. The van der Waals surface area contributed by atoms with Gasteiger partial charge in [-0.3, -0.25) is 0 Å². The summed E-state index contributed by atoms with van der Waals surface area (Å²) in [6.45, 7) is 1.84. The molecule has 1 aromatic rings. The van der Waals surface area contributed by atoms with E-state index >= 15 is 0 Å². The molecular formula is C10H12ClNS. The maximum Gasteiger partial charge on any atom is 0.0561 e. The highest BCUT2D eigenvalue weighted by Gasteiger charge is 2.10. The van der Waals surface area contributed by atoms with E-state index in [1.165, 1.54) is 0 Å². The summed E-state index contributed by atoms with van der Waals surface area (Å²) in [5.74, 6) is 5.84. The van der Waals surface area contributed by atoms with Crippen molar-refractivity contribution in [1.82, 2.24) is 0 Å². The van der Waals surface area contributed by atoms with E-state index in [1.54, 1.807) is 11.3 Å². The van der Waals surface area contributed by atoms with Crippen LogP contribution in [0, 0.1) is 11.8 Å². The van der Waals surface area contributed by atoms with Crippen LogP contribution in [0.4, 0.5) is 0 Å². The van der Waals surface area contributed by atoms with Crippen LogP contribution in [0.5, 0.6) is 0 Å². The van der Waals surface area contributed by atoms with Gasteiger partial charge in [-0.1, -0.05) is 11.6 Å². The summed E-state index contributed by atoms with van der Waals surface area (Å²) in [6.07, 6.45) is 1.72. The van der Waals surface area contributed by atoms with Gasteiger partial charge in [0.1, 0.15) is 0 Å². The molecule has 0 aliphatic carbocycles. The van der Waals surface area contributed by atoms with E-state index in [2.05, 4.69) is 11.8 Å². The van der Waals surface area contributed by atoms with Gasteiger partial charge in [-0.2, -0.15) is 0 Å². The fourth-order valence-corrected chi connectivity index (χ4v) is 2.29. The fourth-order valence-electron chi connectivity index (χ4n) is 1.05. The van der Waals surface area contributed by atoms with Crippen molar-refractivity contribution in [2.24, 2.45) is 5.73 Å². The molecule has 1 aromatic heterocycles. The van der Waals surface area contributed by atoms with Gasteiger partial charge in [-0.25, -0.2) is 0 Å². The van der Waals surface area contributed by atoms with Crippen molar-refractivity contribution in [3.05, 3.63) is 21.3 Å². The summed E-state index contributed by atoms with van der Waals surface area (Å²) >= 11 is 7.55. The molecule has 2 N–H and O–H groups in total. The van der Waals surface area contributed by atoms with E-state index < -0.39 is 0 Å². The van der Waals surface area contributed by atoms with Crippen LogP contribution in [0.2, 0.25) is 5.02 Å². The molecule has 3 heteroatoms. The molecule has 70 valence electrons. The van der Waals surface area contributed by atoms with Gasteiger partial charge in [0.05, 0.1) is 5.02 Å². The summed E-state index contributed by atoms with van der Waals surface area (Å²) in [4.78, 5) is 1.07. The molecule has 1 heterocycles. The lowest BCUT2D eigenvalue weighted by atomic mass is 10.1. The lowest BCUT2D eigenvalue weighted by molar-refractivity contribution is 0.679. The van der Waals surface area contributed by atoms with E-state index in [0.29, 0.717) is 0 Å². The van der Waals surface area contributed by atoms with E-state index in [4.69, 9.17) is 17.3 Å². The summed E-state index contributed by atoms with van der Waals surface area (Å²) in [5, 5.41) is 2.74. The average Bonchev–Trinajstić information content (AvgIpc) is 2.52. The van der Waals surface area contributed by atoms with Gasteiger partial charge in [-0.05, 0) is 24.8 Å². The molecule has 13 heavy (non-hydrogen) atoms. The maximum absolute atomic E-state index is 5.94. The van der Waals surface area contributed by atoms with Gasteiger partial charge in [0.25, 0.3) is 0 Å². The Morgan fingerprint density at radius 3 is 3.00 bits per heavy atom. The zero-order valence-corrected chi connectivity index (χ0v) is 9.08. The number of hydrogen-bond donors (Lipinski definition) is 1. The van der Waals surface area contributed by atoms with Crippen LogP contribution in [0.3, 0.4) is 0 Å². The van der Waals surface area contributed by atoms with Crippen molar-refractivity contribution in [3.63, 3.8) is 0 Å². The minimum Gasteiger partial charge on any atom is -0.323 e. The topological polar surface area (TPSA) is 26.0 Å². The van der Waals surface area contributed by atoms with Crippen LogP contribution in [-0.4, -0.2) is 0 Å². The van der Waals surface area contributed by atoms with Crippen molar-refractivity contribution in [1.29, 1.82) is 0 Å². The van der Waals surface area contributed by atoms with Crippen molar-refractivity contribution >= 4 is 22.9 Å². The van der Waals surface area contributed by atoms with Crippen LogP contribution in [-0.2, 0) is 0 Å². The first-order valence-electron chi connectivity index (χ1n) is 4.13. The zero-order chi connectivity index (χ0) is 9.68. The van der Waals surface area contributed by atoms with Gasteiger partial charge >= 0.3 is 0 Å². The molecule has 0 aliphatic heterocycles. The Hall–Kier alpha value is -0.490. The standard InChI is InChI=1S/C10H12ClNS/c1-2-3-4-5-9(12)10-8(11)6-7-13-10/h6-7,9H,4-5,12H2,1H3. The quantitative estimate of drug-likeness (QED) is 0.767. The van der Waals surface area contributed by atoms with E-state index in [1.807, 2.05) is 18.4 Å². The molecule has 0 radical (unpaired) electrons. The van der Waals surface area contributed by atoms with E-state index in [-0.39, 0.29) is 6.04 Å². The molecule has 1 unspecified atom stereocenters. The Bertz CT molecular complexity index is 321. The number of hydrogen-bond acceptors (Lipinski definition) is 2. The summed E-state index contributed by atoms with van der Waals surface area (Å²) in [7, 11) is 0. The van der Waals surface area contributed by atoms with Crippen molar-refractivity contribution in [2.75, 3.05) is 0 Å². The van der Waals surface area contributed by atoms with Gasteiger partial charge in [0.15, 0.2) is 0 Å². The van der Waals surface area contributed by atoms with Crippen LogP contribution < -0.4 is 5.73 Å². The largest absolute Gasteiger partial charge is 0.323 e. The number of halogens is 1. The third kappa shape index (κ3) is 3.04. The first-order chi connectivity index (χ1) is 6.25. The lowest BCUT2D eigenvalue weighted by Crippen LogP contribution is -2.08. The van der Waals surface area contributed by atoms with Crippen LogP contribution in [0.1, 0.15) is 30.7 Å². The Balaban J connectivity index is 2.52. The smallest absolute Gasteiger partial charge is 0.0561 e. The highest BCUT2D eigenvalue weighted by atomic mass is 35.5. The van der Waals surface area contributed by atoms with Gasteiger partial charge < -0.3 is 5.73 Å². The van der Waals surface area contributed by atoms with Gasteiger partial charge in [0, 0.05) is 17.3 Å². The summed E-state index contributed by atoms with van der Waals surface area (Å²) in [6, 6.07) is 1.92. The average molecular weight is 214 g/mol. The Kier molecular flexibility index (Phi) is 4.31. The second-order valence-corrected chi connectivity index (χ2v) is 4.06. The first-order valence-corrected chi connectivity index (χ1v) is 5.39. The lowest BCUT2D eigenvalue weighted by Gasteiger charge is -2.07. The molecule has 0 saturated heterocycles. The minimum atomic E-state index is 0.0355.